The van der Waals surface area contributed by atoms with E-state index >= 15 is 0 Å². The minimum Gasteiger partial charge on any atom is -0.338 e. The zero-order valence-corrected chi connectivity index (χ0v) is 24.9. The van der Waals surface area contributed by atoms with Gasteiger partial charge < -0.3 is 32.3 Å². The molecular formula is C32H50N6O2. The molecule has 0 radical (unpaired) electrons. The summed E-state index contributed by atoms with van der Waals surface area (Å²) in [7, 11) is 0. The van der Waals surface area contributed by atoms with Gasteiger partial charge in [-0.15, -0.1) is 0 Å². The van der Waals surface area contributed by atoms with Crippen molar-refractivity contribution in [3.05, 3.63) is 69.8 Å². The van der Waals surface area contributed by atoms with Crippen LogP contribution in [-0.4, -0.2) is 79.0 Å². The standard InChI is InChI=1S/C32H50N6O2/c1-22-8-10-26(24(3)17-22)19-29(34)31(39)37-15-16-38(28(21-37)7-5-6-13-36-14-12-33)32(40)30(35)20-27-11-9-23(2)18-25(27)4/h8-11,17-18,28-30,36H,5-7,12-16,19-21,33-35H2,1-4H3/t28-,29+,30+/m0/s1. The number of rotatable bonds is 13. The molecule has 2 amide bonds. The maximum absolute atomic E-state index is 13.6. The van der Waals surface area contributed by atoms with Gasteiger partial charge in [-0.1, -0.05) is 53.9 Å². The highest BCUT2D eigenvalue weighted by Gasteiger charge is 2.35. The predicted octanol–water partition coefficient (Wildman–Crippen LogP) is 2.12. The molecule has 40 heavy (non-hydrogen) atoms. The molecule has 3 atom stereocenters. The number of nitrogens with two attached hydrogens (primary N) is 3. The van der Waals surface area contributed by atoms with Crippen LogP contribution in [0.5, 0.6) is 0 Å². The van der Waals surface area contributed by atoms with Crippen LogP contribution in [0, 0.1) is 27.7 Å². The van der Waals surface area contributed by atoms with Gasteiger partial charge in [0.1, 0.15) is 0 Å². The van der Waals surface area contributed by atoms with Gasteiger partial charge in [-0.3, -0.25) is 9.59 Å². The van der Waals surface area contributed by atoms with Crippen molar-refractivity contribution in [2.24, 2.45) is 17.2 Å². The molecule has 0 unspecified atom stereocenters. The fourth-order valence-corrected chi connectivity index (χ4v) is 5.70. The second-order valence-electron chi connectivity index (χ2n) is 11.5. The number of hydrogen-bond donors (Lipinski definition) is 4. The van der Waals surface area contributed by atoms with E-state index in [0.717, 1.165) is 54.6 Å². The summed E-state index contributed by atoms with van der Waals surface area (Å²) in [6, 6.07) is 11.2. The van der Waals surface area contributed by atoms with Crippen LogP contribution < -0.4 is 22.5 Å². The maximum Gasteiger partial charge on any atom is 0.240 e. The molecule has 1 saturated heterocycles. The van der Waals surface area contributed by atoms with Gasteiger partial charge in [0.05, 0.1) is 12.1 Å². The minimum atomic E-state index is -0.621. The molecular weight excluding hydrogens is 500 g/mol. The largest absolute Gasteiger partial charge is 0.338 e. The van der Waals surface area contributed by atoms with E-state index in [2.05, 4.69) is 69.4 Å². The molecule has 0 aliphatic carbocycles. The molecule has 1 fully saturated rings. The summed E-state index contributed by atoms with van der Waals surface area (Å²) in [5, 5.41) is 3.33. The van der Waals surface area contributed by atoms with Gasteiger partial charge in [0, 0.05) is 38.8 Å². The predicted molar refractivity (Wildman–Crippen MR) is 163 cm³/mol. The lowest BCUT2D eigenvalue weighted by Crippen LogP contribution is -2.61. The van der Waals surface area contributed by atoms with Gasteiger partial charge in [0.15, 0.2) is 0 Å². The van der Waals surface area contributed by atoms with Gasteiger partial charge in [-0.2, -0.15) is 0 Å². The number of aryl methyl sites for hydroxylation is 4. The quantitative estimate of drug-likeness (QED) is 0.283. The van der Waals surface area contributed by atoms with Crippen molar-refractivity contribution >= 4 is 11.8 Å². The van der Waals surface area contributed by atoms with E-state index in [9.17, 15) is 9.59 Å². The minimum absolute atomic E-state index is 0.0436. The van der Waals surface area contributed by atoms with Crippen LogP contribution >= 0.6 is 0 Å². The molecule has 1 aliphatic rings. The highest BCUT2D eigenvalue weighted by Crippen LogP contribution is 2.20. The van der Waals surface area contributed by atoms with Crippen molar-refractivity contribution < 1.29 is 9.59 Å². The Hall–Kier alpha value is -2.78. The van der Waals surface area contributed by atoms with Crippen molar-refractivity contribution in [1.82, 2.24) is 15.1 Å². The second-order valence-corrected chi connectivity index (χ2v) is 11.5. The lowest BCUT2D eigenvalue weighted by atomic mass is 9.96. The summed E-state index contributed by atoms with van der Waals surface area (Å²) >= 11 is 0. The molecule has 1 aliphatic heterocycles. The van der Waals surface area contributed by atoms with Crippen LogP contribution in [0.1, 0.15) is 52.6 Å². The average Bonchev–Trinajstić information content (AvgIpc) is 2.92. The number of hydrogen-bond acceptors (Lipinski definition) is 6. The molecule has 3 rings (SSSR count). The topological polar surface area (TPSA) is 131 Å². The van der Waals surface area contributed by atoms with Crippen LogP contribution in [0.2, 0.25) is 0 Å². The Kier molecular flexibility index (Phi) is 12.1. The first-order valence-corrected chi connectivity index (χ1v) is 14.7. The highest BCUT2D eigenvalue weighted by atomic mass is 16.2. The van der Waals surface area contributed by atoms with E-state index in [4.69, 9.17) is 17.2 Å². The average molecular weight is 551 g/mol. The number of nitrogens with zero attached hydrogens (tertiary/aromatic N) is 2. The fraction of sp³-hybridized carbons (Fsp3) is 0.562. The molecule has 7 N–H and O–H groups in total. The Balaban J connectivity index is 1.67. The van der Waals surface area contributed by atoms with Crippen molar-refractivity contribution in [3.8, 4) is 0 Å². The number of nitrogens with one attached hydrogen (secondary N) is 1. The first-order valence-electron chi connectivity index (χ1n) is 14.7. The molecule has 0 spiro atoms. The van der Waals surface area contributed by atoms with E-state index in [1.807, 2.05) is 9.80 Å². The molecule has 2 aromatic carbocycles. The molecule has 1 heterocycles. The first kappa shape index (κ1) is 31.7. The molecule has 0 aromatic heterocycles. The van der Waals surface area contributed by atoms with Crippen LogP contribution in [-0.2, 0) is 22.4 Å². The molecule has 220 valence electrons. The number of carbonyl (C=O) groups is 2. The smallest absolute Gasteiger partial charge is 0.240 e. The van der Waals surface area contributed by atoms with Crippen molar-refractivity contribution in [1.29, 1.82) is 0 Å². The number of amides is 2. The lowest BCUT2D eigenvalue weighted by Gasteiger charge is -2.43. The van der Waals surface area contributed by atoms with E-state index in [1.54, 1.807) is 0 Å². The van der Waals surface area contributed by atoms with Gasteiger partial charge in [-0.25, -0.2) is 0 Å². The van der Waals surface area contributed by atoms with Crippen LogP contribution in [0.4, 0.5) is 0 Å². The molecule has 0 bridgehead atoms. The van der Waals surface area contributed by atoms with Crippen molar-refractivity contribution in [2.45, 2.75) is 77.9 Å². The van der Waals surface area contributed by atoms with Gasteiger partial charge in [-0.05, 0) is 82.2 Å². The summed E-state index contributed by atoms with van der Waals surface area (Å²) in [5.74, 6) is -0.0980. The summed E-state index contributed by atoms with van der Waals surface area (Å²) < 4.78 is 0. The number of benzene rings is 2. The summed E-state index contributed by atoms with van der Waals surface area (Å²) in [4.78, 5) is 30.8. The van der Waals surface area contributed by atoms with E-state index in [1.165, 1.54) is 11.1 Å². The van der Waals surface area contributed by atoms with Crippen LogP contribution in [0.25, 0.3) is 0 Å². The van der Waals surface area contributed by atoms with Crippen molar-refractivity contribution in [3.63, 3.8) is 0 Å². The van der Waals surface area contributed by atoms with Crippen molar-refractivity contribution in [2.75, 3.05) is 39.3 Å². The maximum atomic E-state index is 13.6. The SMILES string of the molecule is Cc1ccc(C[C@@H](N)C(=O)N2CCN(C(=O)[C@H](N)Cc3ccc(C)cc3C)[C@@H](CCCCNCCN)C2)c(C)c1. The number of carbonyl (C=O) groups excluding carboxylic acids is 2. The third-order valence-electron chi connectivity index (χ3n) is 8.05. The Bertz CT molecular complexity index is 1140. The Morgan fingerprint density at radius 1 is 0.850 bits per heavy atom. The van der Waals surface area contributed by atoms with E-state index in [0.29, 0.717) is 39.0 Å². The third-order valence-corrected chi connectivity index (χ3v) is 8.05. The summed E-state index contributed by atoms with van der Waals surface area (Å²) in [5.41, 5.74) is 25.4. The first-order chi connectivity index (χ1) is 19.1. The third kappa shape index (κ3) is 8.86. The molecule has 8 heteroatoms. The Morgan fingerprint density at radius 3 is 1.98 bits per heavy atom. The zero-order chi connectivity index (χ0) is 29.2. The molecule has 2 aromatic rings. The fourth-order valence-electron chi connectivity index (χ4n) is 5.70. The van der Waals surface area contributed by atoms with Crippen LogP contribution in [0.15, 0.2) is 36.4 Å². The molecule has 8 nitrogen and oxygen atoms in total. The molecule has 0 saturated carbocycles. The van der Waals surface area contributed by atoms with Gasteiger partial charge >= 0.3 is 0 Å². The zero-order valence-electron chi connectivity index (χ0n) is 24.9. The summed E-state index contributed by atoms with van der Waals surface area (Å²) in [6.45, 7) is 12.0. The van der Waals surface area contributed by atoms with Crippen LogP contribution in [0.3, 0.4) is 0 Å². The van der Waals surface area contributed by atoms with E-state index in [-0.39, 0.29) is 17.9 Å². The lowest BCUT2D eigenvalue weighted by molar-refractivity contribution is -0.144. The van der Waals surface area contributed by atoms with E-state index < -0.39 is 12.1 Å². The Morgan fingerprint density at radius 2 is 1.43 bits per heavy atom. The monoisotopic (exact) mass is 550 g/mol. The second kappa shape index (κ2) is 15.3. The normalized spacial score (nSPS) is 17.1. The number of piperazine rings is 1. The van der Waals surface area contributed by atoms with Gasteiger partial charge in [0.25, 0.3) is 0 Å². The Labute approximate surface area is 240 Å². The highest BCUT2D eigenvalue weighted by molar-refractivity contribution is 5.84. The summed E-state index contributed by atoms with van der Waals surface area (Å²) in [6.07, 6.45) is 3.73. The number of unbranched alkanes of at least 4 members (excludes halogenated alkanes) is 1. The van der Waals surface area contributed by atoms with Gasteiger partial charge in [0.2, 0.25) is 11.8 Å².